The topological polar surface area (TPSA) is 17.1 Å². The van der Waals surface area contributed by atoms with Crippen LogP contribution in [0.2, 0.25) is 0 Å². The molecule has 4 heteroatoms. The molecule has 0 spiro atoms. The maximum Gasteiger partial charge on any atom is 0 e. The quantitative estimate of drug-likeness (QED) is 0.476. The summed E-state index contributed by atoms with van der Waals surface area (Å²) in [4.78, 5) is 0. The van der Waals surface area contributed by atoms with Gasteiger partial charge in [-0.15, -0.1) is 0 Å². The van der Waals surface area contributed by atoms with E-state index in [2.05, 4.69) is 0 Å². The van der Waals surface area contributed by atoms with Crippen LogP contribution in [-0.4, -0.2) is 22.5 Å². The molecule has 0 aliphatic heterocycles. The van der Waals surface area contributed by atoms with Crippen LogP contribution in [0.5, 0.6) is 0 Å². The van der Waals surface area contributed by atoms with Crippen molar-refractivity contribution in [3.63, 3.8) is 0 Å². The zero-order chi connectivity index (χ0) is 2.00. The normalized spacial score (nSPS) is 1.00. The van der Waals surface area contributed by atoms with Crippen LogP contribution in [0.3, 0.4) is 0 Å². The van der Waals surface area contributed by atoms with Gasteiger partial charge in [0.2, 0.25) is 0 Å². The standard InChI is InChI=1S/Ir.O.Ru.Sn. The Balaban J connectivity index is -0.00000000500. The summed E-state index contributed by atoms with van der Waals surface area (Å²) in [6.07, 6.45) is 0. The van der Waals surface area contributed by atoms with E-state index in [4.69, 9.17) is 3.08 Å². The first-order valence-electron chi connectivity index (χ1n) is 0.204. The second kappa shape index (κ2) is 20.8. The van der Waals surface area contributed by atoms with E-state index in [1.54, 1.807) is 0 Å². The first-order chi connectivity index (χ1) is 1.00. The summed E-state index contributed by atoms with van der Waals surface area (Å²) in [7, 11) is 0. The van der Waals surface area contributed by atoms with Gasteiger partial charge in [-0.2, -0.15) is 0 Å². The number of rotatable bonds is 0. The fourth-order valence-corrected chi connectivity index (χ4v) is 0. The molecule has 3 radical (unpaired) electrons. The van der Waals surface area contributed by atoms with Crippen molar-refractivity contribution in [2.45, 2.75) is 0 Å². The van der Waals surface area contributed by atoms with E-state index >= 15 is 0 Å². The van der Waals surface area contributed by atoms with Gasteiger partial charge in [0.15, 0.2) is 0 Å². The third kappa shape index (κ3) is 9.11. The van der Waals surface area contributed by atoms with Crippen LogP contribution >= 0.6 is 0 Å². The second-order valence-electron chi connectivity index (χ2n) is 0. The van der Waals surface area contributed by atoms with E-state index in [-0.39, 0.29) is 39.6 Å². The van der Waals surface area contributed by atoms with E-state index in [0.717, 1.165) is 0 Å². The van der Waals surface area contributed by atoms with Crippen molar-refractivity contribution in [3.8, 4) is 0 Å². The van der Waals surface area contributed by atoms with Crippen molar-refractivity contribution >= 4 is 22.5 Å². The monoisotopic (exact) mass is 431 g/mol. The van der Waals surface area contributed by atoms with Gasteiger partial charge in [-0.1, -0.05) is 0 Å². The molecule has 0 unspecified atom stereocenters. The average Bonchev–Trinajstić information content (AvgIpc) is 1.00. The Bertz CT molecular complexity index is 8.00. The molecule has 4 heavy (non-hydrogen) atoms. The van der Waals surface area contributed by atoms with Gasteiger partial charge < -0.3 is 0 Å². The molecule has 0 atom stereocenters. The summed E-state index contributed by atoms with van der Waals surface area (Å²) in [6.45, 7) is 0. The Hall–Kier alpha value is 1.87. The Labute approximate surface area is 64.5 Å². The molecule has 0 amide bonds. The number of hydrogen-bond acceptors (Lipinski definition) is 1. The maximum absolute atomic E-state index is 8.34. The third-order valence-corrected chi connectivity index (χ3v) is 0. The molecule has 0 saturated heterocycles. The minimum Gasteiger partial charge on any atom is 0 e. The molecule has 0 saturated carbocycles. The van der Waals surface area contributed by atoms with Crippen LogP contribution in [0.4, 0.5) is 0 Å². The van der Waals surface area contributed by atoms with Gasteiger partial charge >= 0.3 is 25.6 Å². The Morgan fingerprint density at radius 3 is 1.25 bits per heavy atom. The van der Waals surface area contributed by atoms with Gasteiger partial charge in [-0.05, 0) is 0 Å². The molecule has 27 valence electrons. The van der Waals surface area contributed by atoms with E-state index in [1.165, 1.54) is 0 Å². The van der Waals surface area contributed by atoms with Gasteiger partial charge in [0.25, 0.3) is 0 Å². The maximum atomic E-state index is 8.34. The molecule has 0 aromatic rings. The average molecular weight is 428 g/mol. The summed E-state index contributed by atoms with van der Waals surface area (Å²) >= 11 is 0.300. The first-order valence-corrected chi connectivity index (χ1v) is 1.37. The van der Waals surface area contributed by atoms with Crippen LogP contribution in [0.25, 0.3) is 0 Å². The van der Waals surface area contributed by atoms with Crippen molar-refractivity contribution in [1.29, 1.82) is 0 Å². The van der Waals surface area contributed by atoms with Crippen LogP contribution in [0.1, 0.15) is 0 Å². The summed E-state index contributed by atoms with van der Waals surface area (Å²) < 4.78 is 8.34. The first kappa shape index (κ1) is 16.9. The minimum absolute atomic E-state index is 0. The van der Waals surface area contributed by atoms with E-state index in [9.17, 15) is 0 Å². The molecule has 0 fully saturated rings. The molecular weight excluding hydrogens is 428 g/mol. The smallest absolute Gasteiger partial charge is 0 e. The predicted molar refractivity (Wildman–Crippen MR) is 6.44 cm³/mol. The fourth-order valence-electron chi connectivity index (χ4n) is 0. The van der Waals surface area contributed by atoms with Crippen molar-refractivity contribution in [1.82, 2.24) is 0 Å². The Morgan fingerprint density at radius 1 is 1.25 bits per heavy atom. The van der Waals surface area contributed by atoms with Crippen molar-refractivity contribution in [2.75, 3.05) is 0 Å². The second-order valence-corrected chi connectivity index (χ2v) is 0. The molecule has 0 aliphatic carbocycles. The van der Waals surface area contributed by atoms with Gasteiger partial charge in [-0.25, -0.2) is 0 Å². The molecule has 0 aromatic carbocycles. The Morgan fingerprint density at radius 2 is 1.25 bits per heavy atom. The molecule has 0 aromatic heterocycles. The summed E-state index contributed by atoms with van der Waals surface area (Å²) in [6, 6.07) is 0. The molecule has 1 nitrogen and oxygen atoms in total. The van der Waals surface area contributed by atoms with Crippen LogP contribution in [0, 0.1) is 0 Å². The van der Waals surface area contributed by atoms with E-state index in [1.807, 2.05) is 0 Å². The zero-order valence-electron chi connectivity index (χ0n) is 1.60. The third-order valence-electron chi connectivity index (χ3n) is 0. The van der Waals surface area contributed by atoms with Crippen LogP contribution in [0.15, 0.2) is 0 Å². The van der Waals surface area contributed by atoms with Gasteiger partial charge in [0.05, 0.1) is 0 Å². The number of hydrogen-bond donors (Lipinski definition) is 0. The van der Waals surface area contributed by atoms with E-state index in [0.29, 0.717) is 22.5 Å². The SMILES string of the molecule is [Ir].[O]=[Sn].[Ru]. The van der Waals surface area contributed by atoms with Crippen molar-refractivity contribution in [2.24, 2.45) is 0 Å². The van der Waals surface area contributed by atoms with E-state index < -0.39 is 0 Å². The molecule has 0 heterocycles. The summed E-state index contributed by atoms with van der Waals surface area (Å²) in [5, 5.41) is 0. The van der Waals surface area contributed by atoms with Gasteiger partial charge in [0, 0.05) is 39.6 Å². The van der Waals surface area contributed by atoms with Crippen LogP contribution in [-0.2, 0) is 42.7 Å². The molecular formula is IrORuSn. The summed E-state index contributed by atoms with van der Waals surface area (Å²) in [5.41, 5.74) is 0. The van der Waals surface area contributed by atoms with Gasteiger partial charge in [-0.3, -0.25) is 0 Å². The molecule has 0 bridgehead atoms. The van der Waals surface area contributed by atoms with Gasteiger partial charge in [0.1, 0.15) is 0 Å². The van der Waals surface area contributed by atoms with Crippen molar-refractivity contribution in [3.05, 3.63) is 0 Å². The fraction of sp³-hybridized carbons (Fsp3) is 0. The molecule has 0 rings (SSSR count). The largest absolute Gasteiger partial charge is 0 e. The summed E-state index contributed by atoms with van der Waals surface area (Å²) in [5.74, 6) is 0. The van der Waals surface area contributed by atoms with Crippen molar-refractivity contribution < 1.29 is 42.7 Å². The van der Waals surface area contributed by atoms with Crippen LogP contribution < -0.4 is 0 Å². The predicted octanol–water partition coefficient (Wildman–Crippen LogP) is -0.505. The minimum atomic E-state index is 0. The molecule has 0 aliphatic rings. The Kier molecular flexibility index (Phi) is 88.1. The molecule has 0 N–H and O–H groups in total. The zero-order valence-corrected chi connectivity index (χ0v) is 8.58.